The van der Waals surface area contributed by atoms with Crippen molar-refractivity contribution in [1.29, 1.82) is 0 Å². The standard InChI is InChI=1S/C16H25NO2/c1-12-4-5-14(15(18)10-12)13(2)17-11-16(6-7-16)8-9-19-3/h4-5,10,13,17-18H,6-9,11H2,1-3H3. The monoisotopic (exact) mass is 263 g/mol. The quantitative estimate of drug-likeness (QED) is 0.794. The molecule has 1 saturated carbocycles. The number of methoxy groups -OCH3 is 1. The van der Waals surface area contributed by atoms with Crippen molar-refractivity contribution in [2.45, 2.75) is 39.2 Å². The van der Waals surface area contributed by atoms with Gasteiger partial charge in [-0.3, -0.25) is 0 Å². The van der Waals surface area contributed by atoms with E-state index >= 15 is 0 Å². The van der Waals surface area contributed by atoms with E-state index in [0.717, 1.165) is 30.7 Å². The number of phenolic OH excluding ortho intramolecular Hbond substituents is 1. The highest BCUT2D eigenvalue weighted by atomic mass is 16.5. The number of hydrogen-bond donors (Lipinski definition) is 2. The molecule has 1 aromatic rings. The van der Waals surface area contributed by atoms with Gasteiger partial charge < -0.3 is 15.2 Å². The van der Waals surface area contributed by atoms with Gasteiger partial charge in [0.05, 0.1) is 0 Å². The lowest BCUT2D eigenvalue weighted by Gasteiger charge is -2.21. The van der Waals surface area contributed by atoms with Crippen molar-refractivity contribution in [3.05, 3.63) is 29.3 Å². The summed E-state index contributed by atoms with van der Waals surface area (Å²) in [6.07, 6.45) is 3.70. The first kappa shape index (κ1) is 14.4. The van der Waals surface area contributed by atoms with E-state index in [9.17, 15) is 5.11 Å². The first-order chi connectivity index (χ1) is 9.06. The van der Waals surface area contributed by atoms with Crippen molar-refractivity contribution >= 4 is 0 Å². The molecule has 1 aliphatic rings. The molecule has 3 nitrogen and oxygen atoms in total. The largest absolute Gasteiger partial charge is 0.508 e. The van der Waals surface area contributed by atoms with Crippen LogP contribution in [0.15, 0.2) is 18.2 Å². The zero-order chi connectivity index (χ0) is 13.9. The number of ether oxygens (including phenoxy) is 1. The van der Waals surface area contributed by atoms with Crippen LogP contribution >= 0.6 is 0 Å². The first-order valence-electron chi connectivity index (χ1n) is 7.08. The summed E-state index contributed by atoms with van der Waals surface area (Å²) < 4.78 is 5.17. The van der Waals surface area contributed by atoms with E-state index in [1.54, 1.807) is 7.11 Å². The van der Waals surface area contributed by atoms with Gasteiger partial charge in [0.25, 0.3) is 0 Å². The summed E-state index contributed by atoms with van der Waals surface area (Å²) in [4.78, 5) is 0. The summed E-state index contributed by atoms with van der Waals surface area (Å²) in [6, 6.07) is 6.06. The minimum absolute atomic E-state index is 0.181. The molecule has 1 aromatic carbocycles. The highest BCUT2D eigenvalue weighted by molar-refractivity contribution is 5.37. The molecular formula is C16H25NO2. The van der Waals surface area contributed by atoms with Crippen molar-refractivity contribution in [3.63, 3.8) is 0 Å². The number of aromatic hydroxyl groups is 1. The third kappa shape index (κ3) is 3.71. The van der Waals surface area contributed by atoms with Crippen molar-refractivity contribution in [1.82, 2.24) is 5.32 Å². The van der Waals surface area contributed by atoms with E-state index in [4.69, 9.17) is 4.74 Å². The number of rotatable bonds is 7. The van der Waals surface area contributed by atoms with Crippen molar-refractivity contribution in [3.8, 4) is 5.75 Å². The van der Waals surface area contributed by atoms with Gasteiger partial charge in [-0.1, -0.05) is 12.1 Å². The Labute approximate surface area is 116 Å². The van der Waals surface area contributed by atoms with E-state index in [2.05, 4.69) is 12.2 Å². The van der Waals surface area contributed by atoms with Crippen LogP contribution in [-0.4, -0.2) is 25.4 Å². The molecule has 2 rings (SSSR count). The molecule has 0 aliphatic heterocycles. The molecule has 0 radical (unpaired) electrons. The summed E-state index contributed by atoms with van der Waals surface area (Å²) >= 11 is 0. The molecule has 0 spiro atoms. The van der Waals surface area contributed by atoms with Crippen LogP contribution in [0.1, 0.15) is 43.4 Å². The minimum atomic E-state index is 0.181. The predicted molar refractivity (Wildman–Crippen MR) is 77.4 cm³/mol. The van der Waals surface area contributed by atoms with Crippen LogP contribution in [0.25, 0.3) is 0 Å². The second-order valence-corrected chi connectivity index (χ2v) is 5.91. The zero-order valence-corrected chi connectivity index (χ0v) is 12.2. The molecule has 1 atom stereocenters. The van der Waals surface area contributed by atoms with E-state index in [-0.39, 0.29) is 6.04 Å². The van der Waals surface area contributed by atoms with Crippen LogP contribution in [0.5, 0.6) is 5.75 Å². The van der Waals surface area contributed by atoms with Gasteiger partial charge in [0.1, 0.15) is 5.75 Å². The van der Waals surface area contributed by atoms with Crippen molar-refractivity contribution < 1.29 is 9.84 Å². The van der Waals surface area contributed by atoms with Gasteiger partial charge in [-0.2, -0.15) is 0 Å². The normalized spacial score (nSPS) is 18.3. The van der Waals surface area contributed by atoms with Gasteiger partial charge in [0.2, 0.25) is 0 Å². The SMILES string of the molecule is COCCC1(CNC(C)c2ccc(C)cc2O)CC1. The fourth-order valence-corrected chi connectivity index (χ4v) is 2.51. The van der Waals surface area contributed by atoms with E-state index in [0.29, 0.717) is 11.2 Å². The molecule has 0 aromatic heterocycles. The Hall–Kier alpha value is -1.06. The van der Waals surface area contributed by atoms with Gasteiger partial charge in [-0.15, -0.1) is 0 Å². The Morgan fingerprint density at radius 2 is 2.16 bits per heavy atom. The molecule has 0 amide bonds. The van der Waals surface area contributed by atoms with Crippen molar-refractivity contribution in [2.24, 2.45) is 5.41 Å². The Bertz CT molecular complexity index is 427. The summed E-state index contributed by atoms with van der Waals surface area (Å²) in [7, 11) is 1.76. The number of aryl methyl sites for hydroxylation is 1. The topological polar surface area (TPSA) is 41.5 Å². The van der Waals surface area contributed by atoms with E-state index < -0.39 is 0 Å². The number of hydrogen-bond acceptors (Lipinski definition) is 3. The van der Waals surface area contributed by atoms with Crippen LogP contribution < -0.4 is 5.32 Å². The van der Waals surface area contributed by atoms with Crippen LogP contribution in [-0.2, 0) is 4.74 Å². The molecule has 106 valence electrons. The minimum Gasteiger partial charge on any atom is -0.508 e. The molecule has 0 bridgehead atoms. The fourth-order valence-electron chi connectivity index (χ4n) is 2.51. The highest BCUT2D eigenvalue weighted by Crippen LogP contribution is 2.48. The van der Waals surface area contributed by atoms with Gasteiger partial charge in [0.15, 0.2) is 0 Å². The lowest BCUT2D eigenvalue weighted by molar-refractivity contribution is 0.170. The van der Waals surface area contributed by atoms with Gasteiger partial charge >= 0.3 is 0 Å². The second kappa shape index (κ2) is 5.93. The first-order valence-corrected chi connectivity index (χ1v) is 7.08. The molecule has 1 unspecified atom stereocenters. The lowest BCUT2D eigenvalue weighted by Crippen LogP contribution is -2.27. The van der Waals surface area contributed by atoms with Crippen LogP contribution in [0.2, 0.25) is 0 Å². The predicted octanol–water partition coefficient (Wildman–Crippen LogP) is 3.17. The Kier molecular flexibility index (Phi) is 4.48. The average molecular weight is 263 g/mol. The third-order valence-electron chi connectivity index (χ3n) is 4.23. The second-order valence-electron chi connectivity index (χ2n) is 5.91. The maximum Gasteiger partial charge on any atom is 0.120 e. The zero-order valence-electron chi connectivity index (χ0n) is 12.2. The smallest absolute Gasteiger partial charge is 0.120 e. The summed E-state index contributed by atoms with van der Waals surface area (Å²) in [5, 5.41) is 13.5. The van der Waals surface area contributed by atoms with Gasteiger partial charge in [-0.05, 0) is 50.2 Å². The Morgan fingerprint density at radius 1 is 1.42 bits per heavy atom. The molecule has 3 heteroatoms. The van der Waals surface area contributed by atoms with Crippen molar-refractivity contribution in [2.75, 3.05) is 20.3 Å². The Balaban J connectivity index is 1.89. The molecule has 2 N–H and O–H groups in total. The molecule has 0 saturated heterocycles. The molecule has 0 heterocycles. The maximum atomic E-state index is 9.99. The molecule has 1 fully saturated rings. The highest BCUT2D eigenvalue weighted by Gasteiger charge is 2.41. The molecular weight excluding hydrogens is 238 g/mol. The number of benzene rings is 1. The van der Waals surface area contributed by atoms with Gasteiger partial charge in [-0.25, -0.2) is 0 Å². The molecule has 19 heavy (non-hydrogen) atoms. The van der Waals surface area contributed by atoms with Crippen LogP contribution in [0, 0.1) is 12.3 Å². The maximum absolute atomic E-state index is 9.99. The Morgan fingerprint density at radius 3 is 2.74 bits per heavy atom. The summed E-state index contributed by atoms with van der Waals surface area (Å²) in [5.74, 6) is 0.390. The fraction of sp³-hybridized carbons (Fsp3) is 0.625. The summed E-state index contributed by atoms with van der Waals surface area (Å²) in [6.45, 7) is 5.94. The van der Waals surface area contributed by atoms with Gasteiger partial charge in [0, 0.05) is 31.9 Å². The van der Waals surface area contributed by atoms with E-state index in [1.807, 2.05) is 25.1 Å². The van der Waals surface area contributed by atoms with Crippen LogP contribution in [0.3, 0.4) is 0 Å². The summed E-state index contributed by atoms with van der Waals surface area (Å²) in [5.41, 5.74) is 2.50. The van der Waals surface area contributed by atoms with Crippen LogP contribution in [0.4, 0.5) is 0 Å². The third-order valence-corrected chi connectivity index (χ3v) is 4.23. The average Bonchev–Trinajstić information content (AvgIpc) is 3.14. The lowest BCUT2D eigenvalue weighted by atomic mass is 10.0. The molecule has 1 aliphatic carbocycles. The number of nitrogens with one attached hydrogen (secondary N) is 1. The van der Waals surface area contributed by atoms with E-state index in [1.165, 1.54) is 12.8 Å². The number of phenols is 1.